The van der Waals surface area contributed by atoms with Crippen LogP contribution in [0, 0.1) is 0 Å². The molecule has 1 fully saturated rings. The molecule has 0 radical (unpaired) electrons. The molecule has 100 valence electrons. The van der Waals surface area contributed by atoms with E-state index < -0.39 is 12.0 Å². The zero-order valence-electron chi connectivity index (χ0n) is 10.8. The molecule has 1 saturated carbocycles. The predicted molar refractivity (Wildman–Crippen MR) is 67.0 cm³/mol. The van der Waals surface area contributed by atoms with Crippen molar-refractivity contribution in [1.29, 1.82) is 0 Å². The van der Waals surface area contributed by atoms with E-state index in [9.17, 15) is 9.90 Å². The fourth-order valence-electron chi connectivity index (χ4n) is 2.83. The van der Waals surface area contributed by atoms with Gasteiger partial charge in [0.05, 0.1) is 6.61 Å². The van der Waals surface area contributed by atoms with Crippen molar-refractivity contribution in [3.05, 3.63) is 0 Å². The summed E-state index contributed by atoms with van der Waals surface area (Å²) in [6.45, 7) is 2.54. The number of hydrogen-bond donors (Lipinski definition) is 2. The molecule has 0 heterocycles. The first-order chi connectivity index (χ1) is 8.20. The SMILES string of the molecule is CCCC(C(=O)O)N(CCO)C1CCCCC1. The Bertz CT molecular complexity index is 227. The molecule has 1 aliphatic carbocycles. The van der Waals surface area contributed by atoms with Gasteiger partial charge in [0.25, 0.3) is 0 Å². The fraction of sp³-hybridized carbons (Fsp3) is 0.923. The molecule has 0 aliphatic heterocycles. The van der Waals surface area contributed by atoms with Gasteiger partial charge in [-0.2, -0.15) is 0 Å². The highest BCUT2D eigenvalue weighted by Gasteiger charge is 2.30. The molecule has 0 aromatic carbocycles. The Morgan fingerprint density at radius 3 is 2.47 bits per heavy atom. The van der Waals surface area contributed by atoms with Gasteiger partial charge in [-0.3, -0.25) is 9.69 Å². The van der Waals surface area contributed by atoms with Crippen LogP contribution in [0.15, 0.2) is 0 Å². The standard InChI is InChI=1S/C13H25NO3/c1-2-6-12(13(16)17)14(9-10-15)11-7-4-3-5-8-11/h11-12,15H,2-10H2,1H3,(H,16,17). The first-order valence-corrected chi connectivity index (χ1v) is 6.80. The number of nitrogens with zero attached hydrogens (tertiary/aromatic N) is 1. The van der Waals surface area contributed by atoms with Crippen LogP contribution in [0.3, 0.4) is 0 Å². The van der Waals surface area contributed by atoms with Gasteiger partial charge in [-0.1, -0.05) is 32.6 Å². The lowest BCUT2D eigenvalue weighted by Crippen LogP contribution is -2.49. The lowest BCUT2D eigenvalue weighted by Gasteiger charge is -2.37. The lowest BCUT2D eigenvalue weighted by molar-refractivity contribution is -0.145. The summed E-state index contributed by atoms with van der Waals surface area (Å²) in [7, 11) is 0. The van der Waals surface area contributed by atoms with Crippen molar-refractivity contribution < 1.29 is 15.0 Å². The predicted octanol–water partition coefficient (Wildman–Crippen LogP) is 1.87. The minimum Gasteiger partial charge on any atom is -0.480 e. The highest BCUT2D eigenvalue weighted by Crippen LogP contribution is 2.25. The van der Waals surface area contributed by atoms with Gasteiger partial charge in [-0.25, -0.2) is 0 Å². The maximum Gasteiger partial charge on any atom is 0.320 e. The van der Waals surface area contributed by atoms with Crippen LogP contribution in [-0.2, 0) is 4.79 Å². The highest BCUT2D eigenvalue weighted by molar-refractivity contribution is 5.73. The van der Waals surface area contributed by atoms with Crippen LogP contribution in [0.25, 0.3) is 0 Å². The monoisotopic (exact) mass is 243 g/mol. The average molecular weight is 243 g/mol. The summed E-state index contributed by atoms with van der Waals surface area (Å²) in [6.07, 6.45) is 7.32. The number of carboxylic acid groups (broad SMARTS) is 1. The van der Waals surface area contributed by atoms with Crippen LogP contribution in [0.5, 0.6) is 0 Å². The van der Waals surface area contributed by atoms with E-state index in [-0.39, 0.29) is 6.61 Å². The number of aliphatic carboxylic acids is 1. The normalized spacial score (nSPS) is 19.5. The molecule has 0 aromatic rings. The van der Waals surface area contributed by atoms with E-state index in [0.29, 0.717) is 19.0 Å². The molecule has 0 bridgehead atoms. The molecular weight excluding hydrogens is 218 g/mol. The number of carboxylic acids is 1. The van der Waals surface area contributed by atoms with Crippen molar-refractivity contribution in [3.8, 4) is 0 Å². The molecule has 4 heteroatoms. The smallest absolute Gasteiger partial charge is 0.320 e. The van der Waals surface area contributed by atoms with E-state index in [4.69, 9.17) is 5.11 Å². The minimum atomic E-state index is -0.745. The van der Waals surface area contributed by atoms with Crippen LogP contribution in [0.4, 0.5) is 0 Å². The van der Waals surface area contributed by atoms with E-state index in [0.717, 1.165) is 19.3 Å². The van der Waals surface area contributed by atoms with Crippen molar-refractivity contribution in [2.45, 2.75) is 64.0 Å². The van der Waals surface area contributed by atoms with Gasteiger partial charge in [0.15, 0.2) is 0 Å². The third kappa shape index (κ3) is 4.28. The number of aliphatic hydroxyl groups excluding tert-OH is 1. The summed E-state index contributed by atoms with van der Waals surface area (Å²) in [4.78, 5) is 13.3. The molecule has 1 aliphatic rings. The van der Waals surface area contributed by atoms with Crippen LogP contribution in [0.2, 0.25) is 0 Å². The largest absolute Gasteiger partial charge is 0.480 e. The van der Waals surface area contributed by atoms with E-state index in [2.05, 4.69) is 0 Å². The summed E-state index contributed by atoms with van der Waals surface area (Å²) in [6, 6.07) is -0.0706. The molecule has 1 atom stereocenters. The molecule has 0 spiro atoms. The first kappa shape index (κ1) is 14.5. The Morgan fingerprint density at radius 1 is 1.35 bits per heavy atom. The van der Waals surface area contributed by atoms with Crippen molar-refractivity contribution in [3.63, 3.8) is 0 Å². The van der Waals surface area contributed by atoms with Crippen molar-refractivity contribution >= 4 is 5.97 Å². The third-order valence-electron chi connectivity index (χ3n) is 3.65. The Kier molecular flexibility index (Phi) is 6.52. The fourth-order valence-corrected chi connectivity index (χ4v) is 2.83. The summed E-state index contributed by atoms with van der Waals surface area (Å²) in [5.74, 6) is -0.745. The lowest BCUT2D eigenvalue weighted by atomic mass is 9.92. The molecule has 4 nitrogen and oxygen atoms in total. The van der Waals surface area contributed by atoms with E-state index >= 15 is 0 Å². The number of hydrogen-bond acceptors (Lipinski definition) is 3. The summed E-state index contributed by atoms with van der Waals surface area (Å²) >= 11 is 0. The summed E-state index contributed by atoms with van der Waals surface area (Å²) < 4.78 is 0. The number of aliphatic hydroxyl groups is 1. The molecule has 0 amide bonds. The van der Waals surface area contributed by atoms with Crippen LogP contribution in [-0.4, -0.2) is 46.3 Å². The van der Waals surface area contributed by atoms with Crippen molar-refractivity contribution in [1.82, 2.24) is 4.90 Å². The zero-order valence-corrected chi connectivity index (χ0v) is 10.8. The number of rotatable bonds is 7. The maximum atomic E-state index is 11.3. The van der Waals surface area contributed by atoms with E-state index in [1.54, 1.807) is 0 Å². The van der Waals surface area contributed by atoms with Gasteiger partial charge in [-0.05, 0) is 19.3 Å². The molecule has 17 heavy (non-hydrogen) atoms. The van der Waals surface area contributed by atoms with Crippen LogP contribution >= 0.6 is 0 Å². The van der Waals surface area contributed by atoms with Gasteiger partial charge in [-0.15, -0.1) is 0 Å². The van der Waals surface area contributed by atoms with Crippen LogP contribution in [0.1, 0.15) is 51.9 Å². The topological polar surface area (TPSA) is 60.8 Å². The first-order valence-electron chi connectivity index (χ1n) is 6.80. The zero-order chi connectivity index (χ0) is 12.7. The molecule has 1 unspecified atom stereocenters. The molecule has 1 rings (SSSR count). The van der Waals surface area contributed by atoms with Crippen molar-refractivity contribution in [2.24, 2.45) is 0 Å². The van der Waals surface area contributed by atoms with Crippen molar-refractivity contribution in [2.75, 3.05) is 13.2 Å². The van der Waals surface area contributed by atoms with Gasteiger partial charge < -0.3 is 10.2 Å². The number of carbonyl (C=O) groups is 1. The minimum absolute atomic E-state index is 0.0456. The second kappa shape index (κ2) is 7.67. The van der Waals surface area contributed by atoms with Gasteiger partial charge >= 0.3 is 5.97 Å². The Balaban J connectivity index is 2.68. The average Bonchev–Trinajstić information content (AvgIpc) is 2.34. The highest BCUT2D eigenvalue weighted by atomic mass is 16.4. The van der Waals surface area contributed by atoms with Gasteiger partial charge in [0.2, 0.25) is 0 Å². The van der Waals surface area contributed by atoms with Gasteiger partial charge in [0.1, 0.15) is 6.04 Å². The molecule has 2 N–H and O–H groups in total. The van der Waals surface area contributed by atoms with Crippen LogP contribution < -0.4 is 0 Å². The van der Waals surface area contributed by atoms with E-state index in [1.165, 1.54) is 19.3 Å². The molecule has 0 saturated heterocycles. The Morgan fingerprint density at radius 2 is 2.00 bits per heavy atom. The molecular formula is C13H25NO3. The molecule has 0 aromatic heterocycles. The third-order valence-corrected chi connectivity index (χ3v) is 3.65. The maximum absolute atomic E-state index is 11.3. The Labute approximate surface area is 104 Å². The summed E-state index contributed by atoms with van der Waals surface area (Å²) in [5, 5.41) is 18.4. The summed E-state index contributed by atoms with van der Waals surface area (Å²) in [5.41, 5.74) is 0. The second-order valence-corrected chi connectivity index (χ2v) is 4.90. The van der Waals surface area contributed by atoms with E-state index in [1.807, 2.05) is 11.8 Å². The quantitative estimate of drug-likeness (QED) is 0.716. The second-order valence-electron chi connectivity index (χ2n) is 4.90. The Hall–Kier alpha value is -0.610. The van der Waals surface area contributed by atoms with Gasteiger partial charge in [0, 0.05) is 12.6 Å².